The molecule has 7 heteroatoms. The highest BCUT2D eigenvalue weighted by molar-refractivity contribution is 9.10. The van der Waals surface area contributed by atoms with Crippen LogP contribution in [0.25, 0.3) is 0 Å². The van der Waals surface area contributed by atoms with Crippen molar-refractivity contribution in [2.24, 2.45) is 5.92 Å². The van der Waals surface area contributed by atoms with E-state index in [4.69, 9.17) is 5.11 Å². The quantitative estimate of drug-likeness (QED) is 0.808. The number of nitrogens with one attached hydrogen (secondary N) is 1. The van der Waals surface area contributed by atoms with E-state index in [-0.39, 0.29) is 24.6 Å². The molecular formula is C12H15BrN2O4. The molecule has 0 saturated heterocycles. The van der Waals surface area contributed by atoms with Crippen molar-refractivity contribution in [1.29, 1.82) is 0 Å². The van der Waals surface area contributed by atoms with Crippen molar-refractivity contribution in [3.8, 4) is 0 Å². The summed E-state index contributed by atoms with van der Waals surface area (Å²) >= 11 is 3.22. The molecule has 0 aliphatic carbocycles. The van der Waals surface area contributed by atoms with Crippen LogP contribution in [0.4, 0.5) is 0 Å². The number of halogens is 1. The average molecular weight is 331 g/mol. The van der Waals surface area contributed by atoms with Crippen LogP contribution in [0.1, 0.15) is 13.3 Å². The zero-order valence-electron chi connectivity index (χ0n) is 10.4. The normalized spacial score (nSPS) is 11.9. The van der Waals surface area contributed by atoms with Crippen molar-refractivity contribution in [1.82, 2.24) is 9.88 Å². The van der Waals surface area contributed by atoms with E-state index in [1.165, 1.54) is 16.8 Å². The van der Waals surface area contributed by atoms with E-state index in [1.807, 2.05) is 0 Å². The fraction of sp³-hybridized carbons (Fsp3) is 0.417. The summed E-state index contributed by atoms with van der Waals surface area (Å²) in [7, 11) is 0. The standard InChI is InChI=1S/C12H15BrN2O4/c1-8(12(18)19)4-5-14-10(16)7-15-6-9(13)2-3-11(15)17/h2-3,6,8H,4-5,7H2,1H3,(H,14,16)(H,18,19). The molecule has 1 unspecified atom stereocenters. The summed E-state index contributed by atoms with van der Waals surface area (Å²) in [6.07, 6.45) is 1.89. The Morgan fingerprint density at radius 2 is 2.16 bits per heavy atom. The molecule has 1 amide bonds. The third-order valence-electron chi connectivity index (χ3n) is 2.58. The Hall–Kier alpha value is -1.63. The van der Waals surface area contributed by atoms with Gasteiger partial charge in [-0.1, -0.05) is 6.92 Å². The Labute approximate surface area is 118 Å². The number of carbonyl (C=O) groups excluding carboxylic acids is 1. The van der Waals surface area contributed by atoms with E-state index < -0.39 is 11.9 Å². The van der Waals surface area contributed by atoms with Crippen molar-refractivity contribution in [2.75, 3.05) is 6.54 Å². The van der Waals surface area contributed by atoms with E-state index in [1.54, 1.807) is 13.0 Å². The van der Waals surface area contributed by atoms with Gasteiger partial charge < -0.3 is 15.0 Å². The van der Waals surface area contributed by atoms with Crippen molar-refractivity contribution >= 4 is 27.8 Å². The average Bonchev–Trinajstić information content (AvgIpc) is 2.33. The smallest absolute Gasteiger partial charge is 0.306 e. The minimum atomic E-state index is -0.891. The fourth-order valence-corrected chi connectivity index (χ4v) is 1.77. The summed E-state index contributed by atoms with van der Waals surface area (Å²) in [6.45, 7) is 1.77. The van der Waals surface area contributed by atoms with Gasteiger partial charge in [-0.3, -0.25) is 14.4 Å². The number of rotatable bonds is 6. The Morgan fingerprint density at radius 1 is 1.47 bits per heavy atom. The largest absolute Gasteiger partial charge is 0.481 e. The molecule has 0 saturated carbocycles. The Bertz CT molecular complexity index is 527. The van der Waals surface area contributed by atoms with Crippen LogP contribution in [0.2, 0.25) is 0 Å². The number of aromatic nitrogens is 1. The number of aliphatic carboxylic acids is 1. The SMILES string of the molecule is CC(CCNC(=O)Cn1cc(Br)ccc1=O)C(=O)O. The van der Waals surface area contributed by atoms with E-state index in [0.29, 0.717) is 10.9 Å². The molecular weight excluding hydrogens is 316 g/mol. The lowest BCUT2D eigenvalue weighted by Crippen LogP contribution is -2.33. The second kappa shape index (κ2) is 7.08. The van der Waals surface area contributed by atoms with Crippen LogP contribution in [0, 0.1) is 5.92 Å². The lowest BCUT2D eigenvalue weighted by atomic mass is 10.1. The topological polar surface area (TPSA) is 88.4 Å². The summed E-state index contributed by atoms with van der Waals surface area (Å²) in [5.41, 5.74) is -0.266. The molecule has 1 atom stereocenters. The van der Waals surface area contributed by atoms with Gasteiger partial charge in [0.2, 0.25) is 5.91 Å². The van der Waals surface area contributed by atoms with Gasteiger partial charge in [-0.25, -0.2) is 0 Å². The minimum absolute atomic E-state index is 0.0836. The van der Waals surface area contributed by atoms with Gasteiger partial charge in [0.15, 0.2) is 0 Å². The summed E-state index contributed by atoms with van der Waals surface area (Å²) in [4.78, 5) is 33.6. The molecule has 6 nitrogen and oxygen atoms in total. The van der Waals surface area contributed by atoms with Gasteiger partial charge in [-0.15, -0.1) is 0 Å². The first kappa shape index (κ1) is 15.4. The minimum Gasteiger partial charge on any atom is -0.481 e. The van der Waals surface area contributed by atoms with Crippen molar-refractivity contribution in [3.63, 3.8) is 0 Å². The van der Waals surface area contributed by atoms with Gasteiger partial charge in [0.1, 0.15) is 6.54 Å². The molecule has 104 valence electrons. The highest BCUT2D eigenvalue weighted by Crippen LogP contribution is 2.04. The zero-order valence-corrected chi connectivity index (χ0v) is 12.0. The maximum atomic E-state index is 11.6. The molecule has 0 spiro atoms. The van der Waals surface area contributed by atoms with Crippen molar-refractivity contribution in [3.05, 3.63) is 33.2 Å². The third kappa shape index (κ3) is 5.25. The molecule has 0 radical (unpaired) electrons. The van der Waals surface area contributed by atoms with Gasteiger partial charge in [0, 0.05) is 23.3 Å². The number of amides is 1. The molecule has 1 heterocycles. The molecule has 2 N–H and O–H groups in total. The zero-order chi connectivity index (χ0) is 14.4. The van der Waals surface area contributed by atoms with Gasteiger partial charge in [0.05, 0.1) is 5.92 Å². The molecule has 1 aromatic rings. The van der Waals surface area contributed by atoms with Crippen molar-refractivity contribution in [2.45, 2.75) is 19.9 Å². The number of carboxylic acids is 1. The van der Waals surface area contributed by atoms with Gasteiger partial charge in [-0.05, 0) is 28.4 Å². The molecule has 1 aromatic heterocycles. The highest BCUT2D eigenvalue weighted by atomic mass is 79.9. The van der Waals surface area contributed by atoms with Crippen LogP contribution in [0.5, 0.6) is 0 Å². The van der Waals surface area contributed by atoms with Crippen LogP contribution >= 0.6 is 15.9 Å². The first-order valence-corrected chi connectivity index (χ1v) is 6.55. The Balaban J connectivity index is 2.45. The summed E-state index contributed by atoms with van der Waals surface area (Å²) < 4.78 is 1.99. The fourth-order valence-electron chi connectivity index (χ4n) is 1.39. The number of pyridine rings is 1. The lowest BCUT2D eigenvalue weighted by Gasteiger charge is -2.09. The van der Waals surface area contributed by atoms with Gasteiger partial charge in [-0.2, -0.15) is 0 Å². The number of carboxylic acid groups (broad SMARTS) is 1. The molecule has 0 aliphatic heterocycles. The van der Waals surface area contributed by atoms with E-state index in [0.717, 1.165) is 0 Å². The first-order chi connectivity index (χ1) is 8.90. The summed E-state index contributed by atoms with van der Waals surface area (Å²) in [6, 6.07) is 2.97. The molecule has 1 rings (SSSR count). The predicted octanol–water partition coefficient (Wildman–Crippen LogP) is 0.838. The third-order valence-corrected chi connectivity index (χ3v) is 3.05. The molecule has 0 aliphatic rings. The van der Waals surface area contributed by atoms with Crippen LogP contribution < -0.4 is 10.9 Å². The number of hydrogen-bond acceptors (Lipinski definition) is 3. The maximum absolute atomic E-state index is 11.6. The first-order valence-electron chi connectivity index (χ1n) is 5.75. The Morgan fingerprint density at radius 3 is 2.79 bits per heavy atom. The summed E-state index contributed by atoms with van der Waals surface area (Å²) in [5.74, 6) is -1.72. The monoisotopic (exact) mass is 330 g/mol. The van der Waals surface area contributed by atoms with Gasteiger partial charge >= 0.3 is 5.97 Å². The van der Waals surface area contributed by atoms with E-state index in [9.17, 15) is 14.4 Å². The van der Waals surface area contributed by atoms with E-state index in [2.05, 4.69) is 21.2 Å². The Kier molecular flexibility index (Phi) is 5.75. The van der Waals surface area contributed by atoms with Crippen LogP contribution in [0.15, 0.2) is 27.6 Å². The lowest BCUT2D eigenvalue weighted by molar-refractivity contribution is -0.141. The predicted molar refractivity (Wildman–Crippen MR) is 72.8 cm³/mol. The molecule has 19 heavy (non-hydrogen) atoms. The number of carbonyl (C=O) groups is 2. The van der Waals surface area contributed by atoms with Crippen LogP contribution in [-0.4, -0.2) is 28.1 Å². The second-order valence-corrected chi connectivity index (χ2v) is 5.11. The van der Waals surface area contributed by atoms with Crippen molar-refractivity contribution < 1.29 is 14.7 Å². The number of nitrogens with zero attached hydrogens (tertiary/aromatic N) is 1. The highest BCUT2D eigenvalue weighted by Gasteiger charge is 2.11. The van der Waals surface area contributed by atoms with Crippen LogP contribution in [-0.2, 0) is 16.1 Å². The van der Waals surface area contributed by atoms with Crippen LogP contribution in [0.3, 0.4) is 0 Å². The molecule has 0 fully saturated rings. The van der Waals surface area contributed by atoms with Gasteiger partial charge in [0.25, 0.3) is 5.56 Å². The maximum Gasteiger partial charge on any atom is 0.306 e. The second-order valence-electron chi connectivity index (χ2n) is 4.19. The molecule has 0 bridgehead atoms. The number of hydrogen-bond donors (Lipinski definition) is 2. The molecule has 0 aromatic carbocycles. The summed E-state index contributed by atoms with van der Waals surface area (Å²) in [5, 5.41) is 11.3. The van der Waals surface area contributed by atoms with E-state index >= 15 is 0 Å².